The Morgan fingerprint density at radius 3 is 2.45 bits per heavy atom. The Morgan fingerprint density at radius 1 is 1.02 bits per heavy atom. The van der Waals surface area contributed by atoms with E-state index in [-0.39, 0.29) is 24.3 Å². The number of piperidine rings is 1. The van der Waals surface area contributed by atoms with E-state index >= 15 is 0 Å². The number of halogens is 1. The van der Waals surface area contributed by atoms with E-state index in [4.69, 9.17) is 9.84 Å². The van der Waals surface area contributed by atoms with Crippen LogP contribution < -0.4 is 10.1 Å². The quantitative estimate of drug-likeness (QED) is 0.265. The van der Waals surface area contributed by atoms with Gasteiger partial charge in [-0.25, -0.2) is 19.3 Å². The second-order valence-corrected chi connectivity index (χ2v) is 9.14. The van der Waals surface area contributed by atoms with Gasteiger partial charge in [-0.1, -0.05) is 12.1 Å². The minimum atomic E-state index is -0.892. The molecule has 0 atom stereocenters. The molecular formula is C29H28FN7O3. The van der Waals surface area contributed by atoms with Crippen molar-refractivity contribution in [3.05, 3.63) is 97.2 Å². The predicted molar refractivity (Wildman–Crippen MR) is 146 cm³/mol. The number of H-pyrrole nitrogens is 1. The highest BCUT2D eigenvalue weighted by molar-refractivity contribution is 5.77. The third-order valence-electron chi connectivity index (χ3n) is 6.38. The molecule has 1 saturated heterocycles. The number of nitrogens with one attached hydrogen (secondary N) is 2. The molecule has 2 aromatic carbocycles. The molecule has 0 bridgehead atoms. The van der Waals surface area contributed by atoms with Crippen molar-refractivity contribution < 1.29 is 19.0 Å². The lowest BCUT2D eigenvalue weighted by Crippen LogP contribution is -2.29. The fraction of sp³-hybridized carbons (Fsp3) is 0.207. The first-order valence-electron chi connectivity index (χ1n) is 12.8. The Balaban J connectivity index is 0.000000582. The Kier molecular flexibility index (Phi) is 8.52. The molecule has 3 N–H and O–H groups in total. The normalized spacial score (nSPS) is 13.3. The fourth-order valence-corrected chi connectivity index (χ4v) is 4.49. The summed E-state index contributed by atoms with van der Waals surface area (Å²) < 4.78 is 21.6. The van der Waals surface area contributed by atoms with Gasteiger partial charge in [-0.05, 0) is 74.0 Å². The average Bonchev–Trinajstić information content (AvgIpc) is 3.69. The van der Waals surface area contributed by atoms with Gasteiger partial charge in [0.25, 0.3) is 0 Å². The maximum Gasteiger partial charge on any atom is 0.322 e. The number of carbonyl (C=O) groups is 1. The van der Waals surface area contributed by atoms with Crippen molar-refractivity contribution in [2.24, 2.45) is 0 Å². The van der Waals surface area contributed by atoms with E-state index in [2.05, 4.69) is 34.8 Å². The summed E-state index contributed by atoms with van der Waals surface area (Å²) in [6.45, 7) is 1.84. The van der Waals surface area contributed by atoms with Crippen LogP contribution in [0.1, 0.15) is 24.4 Å². The highest BCUT2D eigenvalue weighted by Gasteiger charge is 2.23. The lowest BCUT2D eigenvalue weighted by molar-refractivity contribution is -0.136. The molecule has 6 rings (SSSR count). The van der Waals surface area contributed by atoms with Gasteiger partial charge in [-0.2, -0.15) is 4.98 Å². The van der Waals surface area contributed by atoms with Crippen LogP contribution in [0.4, 0.5) is 4.39 Å². The predicted octanol–water partition coefficient (Wildman–Crippen LogP) is 4.90. The van der Waals surface area contributed by atoms with Crippen LogP contribution in [0.2, 0.25) is 0 Å². The summed E-state index contributed by atoms with van der Waals surface area (Å²) in [7, 11) is 0. The van der Waals surface area contributed by atoms with Crippen molar-refractivity contribution in [3.8, 4) is 34.4 Å². The van der Waals surface area contributed by atoms with E-state index in [1.807, 2.05) is 12.4 Å². The van der Waals surface area contributed by atoms with Crippen molar-refractivity contribution in [2.45, 2.75) is 25.3 Å². The molecule has 0 unspecified atom stereocenters. The number of ether oxygens (including phenoxy) is 1. The monoisotopic (exact) mass is 541 g/mol. The number of aromatic nitrogens is 6. The molecule has 5 aromatic rings. The summed E-state index contributed by atoms with van der Waals surface area (Å²) in [5, 5.41) is 12.3. The molecule has 1 aliphatic heterocycles. The van der Waals surface area contributed by atoms with Crippen LogP contribution in [-0.2, 0) is 11.2 Å². The summed E-state index contributed by atoms with van der Waals surface area (Å²) in [4.78, 5) is 30.9. The van der Waals surface area contributed by atoms with Crippen molar-refractivity contribution >= 4 is 5.97 Å². The van der Waals surface area contributed by atoms with Crippen LogP contribution in [-0.4, -0.2) is 53.7 Å². The van der Waals surface area contributed by atoms with Crippen LogP contribution >= 0.6 is 0 Å². The Morgan fingerprint density at radius 2 is 1.80 bits per heavy atom. The molecule has 0 saturated carbocycles. The van der Waals surface area contributed by atoms with E-state index in [9.17, 15) is 9.18 Å². The molecule has 1 fully saturated rings. The molecule has 1 aliphatic rings. The van der Waals surface area contributed by atoms with Gasteiger partial charge in [0.2, 0.25) is 0 Å². The maximum atomic E-state index is 13.6. The van der Waals surface area contributed by atoms with Crippen LogP contribution in [0.5, 0.6) is 11.8 Å². The number of aliphatic carboxylic acids is 1. The summed E-state index contributed by atoms with van der Waals surface area (Å²) in [5.41, 5.74) is 3.66. The number of carboxylic acid groups (broad SMARTS) is 1. The summed E-state index contributed by atoms with van der Waals surface area (Å²) >= 11 is 0. The van der Waals surface area contributed by atoms with Gasteiger partial charge in [0, 0.05) is 30.2 Å². The largest absolute Gasteiger partial charge is 0.481 e. The molecule has 3 aromatic heterocycles. The van der Waals surface area contributed by atoms with E-state index < -0.39 is 5.97 Å². The molecule has 0 radical (unpaired) electrons. The minimum absolute atomic E-state index is 0.0564. The molecule has 40 heavy (non-hydrogen) atoms. The van der Waals surface area contributed by atoms with Crippen molar-refractivity contribution in [3.63, 3.8) is 0 Å². The Bertz CT molecular complexity index is 1500. The first-order valence-corrected chi connectivity index (χ1v) is 12.8. The molecule has 204 valence electrons. The van der Waals surface area contributed by atoms with Gasteiger partial charge in [-0.15, -0.1) is 0 Å². The summed E-state index contributed by atoms with van der Waals surface area (Å²) in [6, 6.07) is 15.3. The highest BCUT2D eigenvalue weighted by atomic mass is 19.1. The Labute approximate surface area is 230 Å². The highest BCUT2D eigenvalue weighted by Crippen LogP contribution is 2.35. The first-order chi connectivity index (χ1) is 19.6. The van der Waals surface area contributed by atoms with Gasteiger partial charge >= 0.3 is 12.0 Å². The van der Waals surface area contributed by atoms with Crippen molar-refractivity contribution in [2.75, 3.05) is 13.1 Å². The first kappa shape index (κ1) is 26.7. The number of imidazole rings is 2. The van der Waals surface area contributed by atoms with E-state index in [1.54, 1.807) is 61.3 Å². The number of hydrogen-bond donors (Lipinski definition) is 3. The third kappa shape index (κ3) is 6.75. The number of hydrogen-bond acceptors (Lipinski definition) is 7. The van der Waals surface area contributed by atoms with Crippen molar-refractivity contribution in [1.29, 1.82) is 0 Å². The molecule has 4 heterocycles. The zero-order valence-electron chi connectivity index (χ0n) is 21.6. The number of rotatable bonds is 7. The van der Waals surface area contributed by atoms with E-state index in [0.717, 1.165) is 37.2 Å². The van der Waals surface area contributed by atoms with E-state index in [1.165, 1.54) is 12.1 Å². The van der Waals surface area contributed by atoms with Gasteiger partial charge in [0.1, 0.15) is 11.6 Å². The van der Waals surface area contributed by atoms with Gasteiger partial charge in [0.15, 0.2) is 0 Å². The summed E-state index contributed by atoms with van der Waals surface area (Å²) in [5.74, 6) is -0.695. The lowest BCUT2D eigenvalue weighted by atomic mass is 10.0. The second-order valence-electron chi connectivity index (χ2n) is 9.14. The Hall–Kier alpha value is -4.90. The van der Waals surface area contributed by atoms with Gasteiger partial charge < -0.3 is 24.7 Å². The fourth-order valence-electron chi connectivity index (χ4n) is 4.49. The summed E-state index contributed by atoms with van der Waals surface area (Å²) in [6.07, 6.45) is 10.4. The number of carboxylic acids is 1. The smallest absolute Gasteiger partial charge is 0.322 e. The number of aromatic amines is 1. The minimum Gasteiger partial charge on any atom is -0.481 e. The van der Waals surface area contributed by atoms with Crippen molar-refractivity contribution in [1.82, 2.24) is 34.8 Å². The van der Waals surface area contributed by atoms with Crippen LogP contribution in [0, 0.1) is 5.82 Å². The zero-order valence-corrected chi connectivity index (χ0v) is 21.6. The second kappa shape index (κ2) is 12.8. The van der Waals surface area contributed by atoms with Crippen LogP contribution in [0.15, 0.2) is 85.8 Å². The third-order valence-corrected chi connectivity index (χ3v) is 6.38. The van der Waals surface area contributed by atoms with Crippen LogP contribution in [0.25, 0.3) is 22.6 Å². The molecule has 0 aliphatic carbocycles. The van der Waals surface area contributed by atoms with Gasteiger partial charge in [-0.3, -0.25) is 4.79 Å². The lowest BCUT2D eigenvalue weighted by Gasteiger charge is -2.25. The zero-order chi connectivity index (χ0) is 27.7. The topological polar surface area (TPSA) is 131 Å². The maximum absolute atomic E-state index is 13.6. The molecular weight excluding hydrogens is 513 g/mol. The van der Waals surface area contributed by atoms with Crippen LogP contribution in [0.3, 0.4) is 0 Å². The SMILES string of the molecule is O=C(O)Cc1ccc(Oc2nccc(-c3c(-c4ccc(F)cc4)ncn3C3CCNCC3)n2)cc1.c1c[nH]cn1. The average molecular weight is 542 g/mol. The molecule has 11 heteroatoms. The number of nitrogens with zero attached hydrogens (tertiary/aromatic N) is 5. The standard InChI is InChI=1S/C26H24FN5O3.C3H4N2/c27-19-5-3-18(4-6-19)24-25(32(16-30-24)20-9-12-28-13-10-20)22-11-14-29-26(31-22)35-21-7-1-17(2-8-21)15-23(33)34;1-2-5-3-4-1/h1-8,11,14,16,20,28H,9-10,12-13,15H2,(H,33,34);1-3H,(H,4,5). The molecule has 0 spiro atoms. The molecule has 10 nitrogen and oxygen atoms in total. The molecule has 0 amide bonds. The number of benzene rings is 2. The van der Waals surface area contributed by atoms with Gasteiger partial charge in [0.05, 0.1) is 36.2 Å². The van der Waals surface area contributed by atoms with E-state index in [0.29, 0.717) is 22.7 Å².